The van der Waals surface area contributed by atoms with E-state index < -0.39 is 0 Å². The van der Waals surface area contributed by atoms with Gasteiger partial charge in [-0.25, -0.2) is 0 Å². The number of hydrogen-bond donors (Lipinski definition) is 0. The lowest BCUT2D eigenvalue weighted by Gasteiger charge is -2.03. The fourth-order valence-corrected chi connectivity index (χ4v) is 1.15. The predicted octanol–water partition coefficient (Wildman–Crippen LogP) is 0.648. The van der Waals surface area contributed by atoms with Gasteiger partial charge in [-0.2, -0.15) is 5.10 Å². The zero-order valence-electron chi connectivity index (χ0n) is 8.61. The Kier molecular flexibility index (Phi) is 3.64. The summed E-state index contributed by atoms with van der Waals surface area (Å²) in [6, 6.07) is 0. The molecule has 1 rings (SSSR count). The second kappa shape index (κ2) is 4.76. The van der Waals surface area contributed by atoms with E-state index in [0.717, 1.165) is 0 Å². The van der Waals surface area contributed by atoms with Gasteiger partial charge in [0.1, 0.15) is 12.3 Å². The van der Waals surface area contributed by atoms with Crippen molar-refractivity contribution in [1.29, 1.82) is 0 Å². The summed E-state index contributed by atoms with van der Waals surface area (Å²) in [4.78, 5) is 11.6. The minimum atomic E-state index is -0.122. The number of ether oxygens (including phenoxy) is 2. The van der Waals surface area contributed by atoms with Gasteiger partial charge < -0.3 is 9.47 Å². The van der Waals surface area contributed by atoms with Gasteiger partial charge >= 0.3 is 0 Å². The van der Waals surface area contributed by atoms with E-state index in [1.165, 1.54) is 18.0 Å². The lowest BCUT2D eigenvalue weighted by molar-refractivity contribution is 0.0771. The average Bonchev–Trinajstić information content (AvgIpc) is 2.56. The molecule has 0 saturated carbocycles. The summed E-state index contributed by atoms with van der Waals surface area (Å²) in [7, 11) is 3.20. The van der Waals surface area contributed by atoms with Crippen molar-refractivity contribution >= 4 is 5.78 Å². The number of ketones is 1. The monoisotopic (exact) mass is 198 g/mol. The van der Waals surface area contributed by atoms with E-state index in [4.69, 9.17) is 9.47 Å². The highest BCUT2D eigenvalue weighted by atomic mass is 16.5. The lowest BCUT2D eigenvalue weighted by atomic mass is 10.3. The van der Waals surface area contributed by atoms with Crippen molar-refractivity contribution in [3.05, 3.63) is 11.9 Å². The van der Waals surface area contributed by atoms with Gasteiger partial charge in [0.2, 0.25) is 5.78 Å². The van der Waals surface area contributed by atoms with Gasteiger partial charge in [0.05, 0.1) is 13.3 Å². The molecule has 0 bridgehead atoms. The predicted molar refractivity (Wildman–Crippen MR) is 50.6 cm³/mol. The smallest absolute Gasteiger partial charge is 0.210 e. The third-order valence-electron chi connectivity index (χ3n) is 1.83. The number of carbonyl (C=O) groups is 1. The summed E-state index contributed by atoms with van der Waals surface area (Å²) < 4.78 is 11.5. The molecular formula is C9H14N2O3. The quantitative estimate of drug-likeness (QED) is 0.652. The molecule has 1 aromatic heterocycles. The van der Waals surface area contributed by atoms with E-state index in [0.29, 0.717) is 18.1 Å². The summed E-state index contributed by atoms with van der Waals surface area (Å²) >= 11 is 0. The Bertz CT molecular complexity index is 320. The first-order valence-electron chi connectivity index (χ1n) is 4.37. The minimum Gasteiger partial charge on any atom is -0.493 e. The van der Waals surface area contributed by atoms with Crippen LogP contribution in [0.1, 0.15) is 17.4 Å². The standard InChI is InChI=1S/C9H14N2O3/c1-4-14-6-7(12)9-8(13-3)5-10-11(9)2/h5H,4,6H2,1-3H3. The number of aromatic nitrogens is 2. The number of hydrogen-bond acceptors (Lipinski definition) is 4. The normalized spacial score (nSPS) is 10.2. The van der Waals surface area contributed by atoms with Crippen LogP contribution < -0.4 is 4.74 Å². The molecule has 5 nitrogen and oxygen atoms in total. The van der Waals surface area contributed by atoms with Crippen molar-refractivity contribution in [2.75, 3.05) is 20.3 Å². The van der Waals surface area contributed by atoms with E-state index in [9.17, 15) is 4.79 Å². The molecule has 0 aliphatic rings. The number of nitrogens with zero attached hydrogens (tertiary/aromatic N) is 2. The van der Waals surface area contributed by atoms with E-state index >= 15 is 0 Å². The van der Waals surface area contributed by atoms with Crippen molar-refractivity contribution in [3.63, 3.8) is 0 Å². The summed E-state index contributed by atoms with van der Waals surface area (Å²) in [5, 5.41) is 3.93. The van der Waals surface area contributed by atoms with Crippen LogP contribution in [0.3, 0.4) is 0 Å². The maximum atomic E-state index is 11.6. The van der Waals surface area contributed by atoms with Crippen LogP contribution in [0.15, 0.2) is 6.20 Å². The topological polar surface area (TPSA) is 53.4 Å². The Morgan fingerprint density at radius 1 is 1.64 bits per heavy atom. The van der Waals surface area contributed by atoms with Crippen LogP contribution in [0, 0.1) is 0 Å². The van der Waals surface area contributed by atoms with Crippen molar-refractivity contribution in [2.24, 2.45) is 7.05 Å². The second-order valence-electron chi connectivity index (χ2n) is 2.75. The zero-order valence-corrected chi connectivity index (χ0v) is 8.61. The van der Waals surface area contributed by atoms with Gasteiger partial charge in [-0.05, 0) is 6.92 Å². The van der Waals surface area contributed by atoms with E-state index in [1.54, 1.807) is 7.05 Å². The molecule has 1 aromatic rings. The molecule has 0 N–H and O–H groups in total. The first kappa shape index (κ1) is 10.7. The lowest BCUT2D eigenvalue weighted by Crippen LogP contribution is -2.14. The summed E-state index contributed by atoms with van der Waals surface area (Å²) in [6.45, 7) is 2.42. The molecule has 0 saturated heterocycles. The van der Waals surface area contributed by atoms with Gasteiger partial charge in [-0.3, -0.25) is 9.48 Å². The third kappa shape index (κ3) is 2.11. The summed E-state index contributed by atoms with van der Waals surface area (Å²) in [6.07, 6.45) is 1.51. The van der Waals surface area contributed by atoms with Crippen LogP contribution in [-0.2, 0) is 11.8 Å². The molecule has 0 amide bonds. The number of Topliss-reactive ketones (excluding diaryl/α,β-unsaturated/α-hetero) is 1. The third-order valence-corrected chi connectivity index (χ3v) is 1.83. The first-order valence-corrected chi connectivity index (χ1v) is 4.37. The molecule has 0 aromatic carbocycles. The molecular weight excluding hydrogens is 184 g/mol. The summed E-state index contributed by atoms with van der Waals surface area (Å²) in [5.74, 6) is 0.362. The van der Waals surface area contributed by atoms with Gasteiger partial charge in [0.25, 0.3) is 0 Å². The van der Waals surface area contributed by atoms with E-state index in [1.807, 2.05) is 6.92 Å². The molecule has 14 heavy (non-hydrogen) atoms. The highest BCUT2D eigenvalue weighted by Crippen LogP contribution is 2.16. The molecule has 0 aliphatic carbocycles. The Morgan fingerprint density at radius 3 is 2.93 bits per heavy atom. The van der Waals surface area contributed by atoms with Crippen LogP contribution in [0.25, 0.3) is 0 Å². The molecule has 0 unspecified atom stereocenters. The molecule has 1 heterocycles. The van der Waals surface area contributed by atoms with Crippen molar-refractivity contribution in [3.8, 4) is 5.75 Å². The number of methoxy groups -OCH3 is 1. The van der Waals surface area contributed by atoms with E-state index in [-0.39, 0.29) is 12.4 Å². The van der Waals surface area contributed by atoms with Gasteiger partial charge in [0, 0.05) is 13.7 Å². The van der Waals surface area contributed by atoms with Gasteiger partial charge in [-0.1, -0.05) is 0 Å². The fraction of sp³-hybridized carbons (Fsp3) is 0.556. The molecule has 0 fully saturated rings. The van der Waals surface area contributed by atoms with Crippen LogP contribution in [0.2, 0.25) is 0 Å². The zero-order chi connectivity index (χ0) is 10.6. The molecule has 0 aliphatic heterocycles. The SMILES string of the molecule is CCOCC(=O)c1c(OC)cnn1C. The Labute approximate surface area is 82.6 Å². The fourth-order valence-electron chi connectivity index (χ4n) is 1.15. The summed E-state index contributed by atoms with van der Waals surface area (Å²) in [5.41, 5.74) is 0.445. The largest absolute Gasteiger partial charge is 0.493 e. The average molecular weight is 198 g/mol. The van der Waals surface area contributed by atoms with Crippen LogP contribution in [0.4, 0.5) is 0 Å². The van der Waals surface area contributed by atoms with E-state index in [2.05, 4.69) is 5.10 Å². The Balaban J connectivity index is 2.82. The molecule has 5 heteroatoms. The first-order chi connectivity index (χ1) is 6.70. The molecule has 78 valence electrons. The molecule has 0 spiro atoms. The number of rotatable bonds is 5. The van der Waals surface area contributed by atoms with Crippen molar-refractivity contribution in [2.45, 2.75) is 6.92 Å². The van der Waals surface area contributed by atoms with Crippen LogP contribution >= 0.6 is 0 Å². The highest BCUT2D eigenvalue weighted by Gasteiger charge is 2.17. The number of aryl methyl sites for hydroxylation is 1. The van der Waals surface area contributed by atoms with Crippen LogP contribution in [0.5, 0.6) is 5.75 Å². The molecule has 0 radical (unpaired) electrons. The Morgan fingerprint density at radius 2 is 2.36 bits per heavy atom. The van der Waals surface area contributed by atoms with Gasteiger partial charge in [-0.15, -0.1) is 0 Å². The van der Waals surface area contributed by atoms with Crippen molar-refractivity contribution < 1.29 is 14.3 Å². The Hall–Kier alpha value is -1.36. The van der Waals surface area contributed by atoms with Gasteiger partial charge in [0.15, 0.2) is 5.75 Å². The second-order valence-corrected chi connectivity index (χ2v) is 2.75. The van der Waals surface area contributed by atoms with Crippen LogP contribution in [-0.4, -0.2) is 35.9 Å². The highest BCUT2D eigenvalue weighted by molar-refractivity contribution is 5.97. The van der Waals surface area contributed by atoms with Crippen molar-refractivity contribution in [1.82, 2.24) is 9.78 Å². The maximum absolute atomic E-state index is 11.6. The maximum Gasteiger partial charge on any atom is 0.210 e. The number of carbonyl (C=O) groups excluding carboxylic acids is 1. The molecule has 0 atom stereocenters. The minimum absolute atomic E-state index is 0.0619.